The molecule has 0 aliphatic carbocycles. The summed E-state index contributed by atoms with van der Waals surface area (Å²) in [4.78, 5) is 28.2. The molecule has 6 nitrogen and oxygen atoms in total. The normalized spacial score (nSPS) is 25.8. The highest BCUT2D eigenvalue weighted by Gasteiger charge is 2.43. The molecule has 0 bridgehead atoms. The lowest BCUT2D eigenvalue weighted by molar-refractivity contribution is -0.154. The number of aliphatic hydroxyl groups is 1. The van der Waals surface area contributed by atoms with Crippen LogP contribution in [-0.4, -0.2) is 65.0 Å². The number of aryl methyl sites for hydroxylation is 1. The van der Waals surface area contributed by atoms with Crippen LogP contribution < -0.4 is 5.32 Å². The van der Waals surface area contributed by atoms with Crippen LogP contribution in [0.25, 0.3) is 0 Å². The molecule has 0 spiro atoms. The van der Waals surface area contributed by atoms with E-state index in [4.69, 9.17) is 0 Å². The standard InChI is InChI=1S/C16H21N3O3/c1-11-4-2-3-5-12(11)8-18-6-7-19-14(9-18)15(21)17-13(10-20)16(19)22/h2-5,13-14,20H,6-10H2,1H3,(H,17,21)/t13-,14+/m0/s1. The maximum absolute atomic E-state index is 12.2. The molecule has 1 aromatic rings. The first-order valence-corrected chi connectivity index (χ1v) is 7.58. The molecule has 6 heteroatoms. The van der Waals surface area contributed by atoms with Crippen molar-refractivity contribution in [1.29, 1.82) is 0 Å². The molecule has 2 N–H and O–H groups in total. The maximum atomic E-state index is 12.2. The fraction of sp³-hybridized carbons (Fsp3) is 0.500. The highest BCUT2D eigenvalue weighted by atomic mass is 16.3. The van der Waals surface area contributed by atoms with Gasteiger partial charge in [0.2, 0.25) is 11.8 Å². The number of nitrogens with one attached hydrogen (secondary N) is 1. The monoisotopic (exact) mass is 303 g/mol. The number of amides is 2. The lowest BCUT2D eigenvalue weighted by atomic mass is 10.0. The van der Waals surface area contributed by atoms with Gasteiger partial charge in [-0.15, -0.1) is 0 Å². The van der Waals surface area contributed by atoms with E-state index in [1.54, 1.807) is 4.90 Å². The van der Waals surface area contributed by atoms with E-state index >= 15 is 0 Å². The Kier molecular flexibility index (Phi) is 4.13. The van der Waals surface area contributed by atoms with Crippen molar-refractivity contribution < 1.29 is 14.7 Å². The molecule has 118 valence electrons. The molecule has 0 aromatic heterocycles. The zero-order valence-electron chi connectivity index (χ0n) is 12.7. The predicted octanol–water partition coefficient (Wildman–Crippen LogP) is -0.501. The van der Waals surface area contributed by atoms with Crippen LogP contribution in [0.1, 0.15) is 11.1 Å². The van der Waals surface area contributed by atoms with E-state index in [0.29, 0.717) is 13.1 Å². The average Bonchev–Trinajstić information content (AvgIpc) is 2.53. The SMILES string of the molecule is Cc1ccccc1CN1CCN2C(=O)[C@H](CO)NC(=O)[C@H]2C1. The van der Waals surface area contributed by atoms with Gasteiger partial charge in [0.1, 0.15) is 12.1 Å². The van der Waals surface area contributed by atoms with Crippen LogP contribution in [0.4, 0.5) is 0 Å². The molecule has 0 saturated carbocycles. The number of hydrogen-bond donors (Lipinski definition) is 2. The van der Waals surface area contributed by atoms with Crippen molar-refractivity contribution in [2.75, 3.05) is 26.2 Å². The number of nitrogens with zero attached hydrogens (tertiary/aromatic N) is 2. The molecular weight excluding hydrogens is 282 g/mol. The van der Waals surface area contributed by atoms with E-state index in [1.807, 2.05) is 12.1 Å². The second-order valence-corrected chi connectivity index (χ2v) is 5.95. The van der Waals surface area contributed by atoms with E-state index in [1.165, 1.54) is 11.1 Å². The number of rotatable bonds is 3. The Balaban J connectivity index is 1.70. The second-order valence-electron chi connectivity index (χ2n) is 5.95. The summed E-state index contributed by atoms with van der Waals surface area (Å²) >= 11 is 0. The Bertz CT molecular complexity index is 590. The van der Waals surface area contributed by atoms with E-state index < -0.39 is 12.1 Å². The third kappa shape index (κ3) is 2.71. The Hall–Kier alpha value is -1.92. The Morgan fingerprint density at radius 2 is 2.05 bits per heavy atom. The van der Waals surface area contributed by atoms with E-state index in [-0.39, 0.29) is 18.4 Å². The van der Waals surface area contributed by atoms with Crippen molar-refractivity contribution >= 4 is 11.8 Å². The molecule has 2 fully saturated rings. The summed E-state index contributed by atoms with van der Waals surface area (Å²) in [6, 6.07) is 6.96. The van der Waals surface area contributed by atoms with Gasteiger partial charge in [-0.3, -0.25) is 14.5 Å². The largest absolute Gasteiger partial charge is 0.394 e. The summed E-state index contributed by atoms with van der Waals surface area (Å²) in [5.74, 6) is -0.351. The Morgan fingerprint density at radius 3 is 2.77 bits per heavy atom. The summed E-state index contributed by atoms with van der Waals surface area (Å²) in [5, 5.41) is 11.8. The molecular formula is C16H21N3O3. The molecule has 3 rings (SSSR count). The van der Waals surface area contributed by atoms with Gasteiger partial charge in [-0.05, 0) is 18.1 Å². The smallest absolute Gasteiger partial charge is 0.248 e. The molecule has 2 aliphatic rings. The summed E-state index contributed by atoms with van der Waals surface area (Å²) < 4.78 is 0. The lowest BCUT2D eigenvalue weighted by Crippen LogP contribution is -2.69. The number of piperazine rings is 2. The van der Waals surface area contributed by atoms with Crippen LogP contribution in [-0.2, 0) is 16.1 Å². The zero-order chi connectivity index (χ0) is 15.7. The van der Waals surface area contributed by atoms with Crippen molar-refractivity contribution in [3.05, 3.63) is 35.4 Å². The van der Waals surface area contributed by atoms with Gasteiger partial charge in [-0.1, -0.05) is 24.3 Å². The highest BCUT2D eigenvalue weighted by molar-refractivity contribution is 5.97. The fourth-order valence-corrected chi connectivity index (χ4v) is 3.15. The Labute approximate surface area is 129 Å². The number of fused-ring (bicyclic) bond motifs is 1. The summed E-state index contributed by atoms with van der Waals surface area (Å²) in [5.41, 5.74) is 2.47. The van der Waals surface area contributed by atoms with Gasteiger partial charge in [0, 0.05) is 26.2 Å². The number of hydrogen-bond acceptors (Lipinski definition) is 4. The van der Waals surface area contributed by atoms with Crippen LogP contribution in [0, 0.1) is 6.92 Å². The maximum Gasteiger partial charge on any atom is 0.248 e. The second kappa shape index (κ2) is 6.06. The minimum absolute atomic E-state index is 0.173. The molecule has 1 aromatic carbocycles. The predicted molar refractivity (Wildman–Crippen MR) is 81.0 cm³/mol. The van der Waals surface area contributed by atoms with Crippen LogP contribution in [0.15, 0.2) is 24.3 Å². The van der Waals surface area contributed by atoms with E-state index in [2.05, 4.69) is 29.3 Å². The van der Waals surface area contributed by atoms with E-state index in [0.717, 1.165) is 13.1 Å². The van der Waals surface area contributed by atoms with Gasteiger partial charge in [-0.25, -0.2) is 0 Å². The van der Waals surface area contributed by atoms with Crippen LogP contribution in [0.5, 0.6) is 0 Å². The summed E-state index contributed by atoms with van der Waals surface area (Å²) in [6.45, 7) is 4.31. The van der Waals surface area contributed by atoms with Gasteiger partial charge in [0.25, 0.3) is 0 Å². The van der Waals surface area contributed by atoms with Gasteiger partial charge >= 0.3 is 0 Å². The molecule has 2 heterocycles. The van der Waals surface area contributed by atoms with Crippen molar-refractivity contribution in [2.45, 2.75) is 25.6 Å². The molecule has 2 aliphatic heterocycles. The van der Waals surface area contributed by atoms with Crippen molar-refractivity contribution in [3.63, 3.8) is 0 Å². The number of carbonyl (C=O) groups excluding carboxylic acids is 2. The number of aliphatic hydroxyl groups excluding tert-OH is 1. The van der Waals surface area contributed by atoms with Crippen LogP contribution >= 0.6 is 0 Å². The van der Waals surface area contributed by atoms with Crippen LogP contribution in [0.3, 0.4) is 0 Å². The van der Waals surface area contributed by atoms with Gasteiger partial charge in [0.15, 0.2) is 0 Å². The van der Waals surface area contributed by atoms with Crippen molar-refractivity contribution in [3.8, 4) is 0 Å². The molecule has 2 atom stereocenters. The third-order valence-corrected chi connectivity index (χ3v) is 4.50. The highest BCUT2D eigenvalue weighted by Crippen LogP contribution is 2.19. The van der Waals surface area contributed by atoms with Crippen molar-refractivity contribution in [1.82, 2.24) is 15.1 Å². The first kappa shape index (κ1) is 15.0. The van der Waals surface area contributed by atoms with Gasteiger partial charge in [0.05, 0.1) is 6.61 Å². The molecule has 0 radical (unpaired) electrons. The fourth-order valence-electron chi connectivity index (χ4n) is 3.15. The van der Waals surface area contributed by atoms with Crippen LogP contribution in [0.2, 0.25) is 0 Å². The summed E-state index contributed by atoms with van der Waals surface area (Å²) in [7, 11) is 0. The molecule has 0 unspecified atom stereocenters. The first-order valence-electron chi connectivity index (χ1n) is 7.58. The number of benzene rings is 1. The van der Waals surface area contributed by atoms with Gasteiger partial charge < -0.3 is 15.3 Å². The molecule has 2 amide bonds. The molecule has 2 saturated heterocycles. The Morgan fingerprint density at radius 1 is 1.27 bits per heavy atom. The topological polar surface area (TPSA) is 72.9 Å². The van der Waals surface area contributed by atoms with Gasteiger partial charge in [-0.2, -0.15) is 0 Å². The average molecular weight is 303 g/mol. The number of carbonyl (C=O) groups is 2. The third-order valence-electron chi connectivity index (χ3n) is 4.50. The van der Waals surface area contributed by atoms with E-state index in [9.17, 15) is 14.7 Å². The zero-order valence-corrected chi connectivity index (χ0v) is 12.7. The van der Waals surface area contributed by atoms with Crippen molar-refractivity contribution in [2.24, 2.45) is 0 Å². The molecule has 22 heavy (non-hydrogen) atoms. The lowest BCUT2D eigenvalue weighted by Gasteiger charge is -2.45. The minimum Gasteiger partial charge on any atom is -0.394 e. The summed E-state index contributed by atoms with van der Waals surface area (Å²) in [6.07, 6.45) is 0. The quantitative estimate of drug-likeness (QED) is 0.789. The first-order chi connectivity index (χ1) is 10.6. The minimum atomic E-state index is -0.785.